The van der Waals surface area contributed by atoms with Crippen LogP contribution in [0.25, 0.3) is 0 Å². The average molecular weight is 245 g/mol. The summed E-state index contributed by atoms with van der Waals surface area (Å²) in [5, 5.41) is 11.1. The van der Waals surface area contributed by atoms with Crippen molar-refractivity contribution < 1.29 is 5.11 Å². The quantitative estimate of drug-likeness (QED) is 0.829. The van der Waals surface area contributed by atoms with Crippen LogP contribution >= 0.6 is 0 Å². The highest BCUT2D eigenvalue weighted by Gasteiger charge is 2.45. The van der Waals surface area contributed by atoms with Gasteiger partial charge in [0, 0.05) is 29.6 Å². The summed E-state index contributed by atoms with van der Waals surface area (Å²) < 4.78 is 0. The zero-order valence-corrected chi connectivity index (χ0v) is 11.1. The number of hydrogen-bond donors (Lipinski definition) is 1. The predicted octanol–water partition coefficient (Wildman–Crippen LogP) is 2.48. The summed E-state index contributed by atoms with van der Waals surface area (Å²) in [5.41, 5.74) is -0.796. The molecule has 18 heavy (non-hydrogen) atoms. The Bertz CT molecular complexity index is 460. The van der Waals surface area contributed by atoms with Crippen LogP contribution in [0.5, 0.6) is 0 Å². The van der Waals surface area contributed by atoms with E-state index in [0.29, 0.717) is 11.3 Å². The normalized spacial score (nSPS) is 15.9. The summed E-state index contributed by atoms with van der Waals surface area (Å²) >= 11 is 0. The van der Waals surface area contributed by atoms with Gasteiger partial charge in [-0.15, -0.1) is 0 Å². The molecule has 1 unspecified atom stereocenters. The van der Waals surface area contributed by atoms with E-state index < -0.39 is 11.0 Å². The third-order valence-corrected chi connectivity index (χ3v) is 2.86. The second-order valence-electron chi connectivity index (χ2n) is 4.99. The minimum absolute atomic E-state index is 0.430. The van der Waals surface area contributed by atoms with Gasteiger partial charge in [0.1, 0.15) is 11.9 Å². The lowest BCUT2D eigenvalue weighted by Crippen LogP contribution is -2.46. The fourth-order valence-electron chi connectivity index (χ4n) is 1.84. The molecule has 0 saturated carbocycles. The summed E-state index contributed by atoms with van der Waals surface area (Å²) in [7, 11) is 0. The number of aliphatic imine (C=N–C) groups is 1. The van der Waals surface area contributed by atoms with Crippen LogP contribution in [0.4, 0.5) is 0 Å². The molecule has 0 aliphatic heterocycles. The molecule has 0 aliphatic carbocycles. The van der Waals surface area contributed by atoms with E-state index in [2.05, 4.69) is 28.1 Å². The smallest absolute Gasteiger partial charge is 0.139 e. The van der Waals surface area contributed by atoms with E-state index in [1.54, 1.807) is 12.4 Å². The first-order valence-corrected chi connectivity index (χ1v) is 5.67. The summed E-state index contributed by atoms with van der Waals surface area (Å²) in [6, 6.07) is 0. The van der Waals surface area contributed by atoms with Crippen molar-refractivity contribution in [1.82, 2.24) is 9.97 Å². The first-order chi connectivity index (χ1) is 8.37. The molecule has 96 valence electrons. The molecule has 0 amide bonds. The Morgan fingerprint density at radius 2 is 1.83 bits per heavy atom. The van der Waals surface area contributed by atoms with Crippen molar-refractivity contribution in [3.63, 3.8) is 0 Å². The van der Waals surface area contributed by atoms with E-state index in [4.69, 9.17) is 0 Å². The average Bonchev–Trinajstić information content (AvgIpc) is 2.34. The van der Waals surface area contributed by atoms with Crippen molar-refractivity contribution in [2.45, 2.75) is 26.4 Å². The summed E-state index contributed by atoms with van der Waals surface area (Å²) in [4.78, 5) is 12.0. The largest absolute Gasteiger partial charge is 0.378 e. The maximum absolute atomic E-state index is 11.1. The van der Waals surface area contributed by atoms with E-state index in [1.807, 2.05) is 20.8 Å². The van der Waals surface area contributed by atoms with Crippen LogP contribution in [-0.2, 0) is 5.60 Å². The summed E-state index contributed by atoms with van der Waals surface area (Å²) in [6.07, 6.45) is 7.50. The fraction of sp³-hybridized carbons (Fsp3) is 0.357. The van der Waals surface area contributed by atoms with Gasteiger partial charge in [0.25, 0.3) is 0 Å². The lowest BCUT2D eigenvalue weighted by Gasteiger charge is -2.40. The zero-order chi connectivity index (χ0) is 13.8. The van der Waals surface area contributed by atoms with E-state index in [9.17, 15) is 5.11 Å². The van der Waals surface area contributed by atoms with Gasteiger partial charge in [-0.1, -0.05) is 33.9 Å². The third kappa shape index (κ3) is 2.38. The van der Waals surface area contributed by atoms with Gasteiger partial charge in [-0.25, -0.2) is 9.97 Å². The van der Waals surface area contributed by atoms with Crippen LogP contribution < -0.4 is 0 Å². The van der Waals surface area contributed by atoms with Crippen LogP contribution in [0.3, 0.4) is 0 Å². The van der Waals surface area contributed by atoms with Gasteiger partial charge in [-0.05, 0) is 6.08 Å². The molecule has 4 nitrogen and oxygen atoms in total. The second kappa shape index (κ2) is 5.23. The minimum Gasteiger partial charge on any atom is -0.378 e. The number of aliphatic hydroxyl groups is 1. The van der Waals surface area contributed by atoms with Crippen molar-refractivity contribution in [2.24, 2.45) is 10.4 Å². The van der Waals surface area contributed by atoms with Crippen LogP contribution in [0.1, 0.15) is 26.3 Å². The Labute approximate surface area is 108 Å². The molecular formula is C14H19N3O. The summed E-state index contributed by atoms with van der Waals surface area (Å²) in [6.45, 7) is 13.0. The van der Waals surface area contributed by atoms with E-state index in [1.165, 1.54) is 18.6 Å². The Hall–Kier alpha value is -1.81. The Morgan fingerprint density at radius 1 is 1.28 bits per heavy atom. The van der Waals surface area contributed by atoms with E-state index in [0.717, 1.165) is 0 Å². The van der Waals surface area contributed by atoms with Gasteiger partial charge < -0.3 is 5.11 Å². The van der Waals surface area contributed by atoms with Crippen molar-refractivity contribution in [1.29, 1.82) is 0 Å². The van der Waals surface area contributed by atoms with Gasteiger partial charge >= 0.3 is 0 Å². The fourth-order valence-corrected chi connectivity index (χ4v) is 1.84. The van der Waals surface area contributed by atoms with Gasteiger partial charge in [0.2, 0.25) is 0 Å². The molecule has 1 rings (SSSR count). The molecule has 4 heteroatoms. The number of rotatable bonds is 4. The van der Waals surface area contributed by atoms with Crippen LogP contribution in [0, 0.1) is 5.41 Å². The molecule has 1 N–H and O–H groups in total. The maximum Gasteiger partial charge on any atom is 0.139 e. The third-order valence-electron chi connectivity index (χ3n) is 2.86. The first-order valence-electron chi connectivity index (χ1n) is 5.67. The van der Waals surface area contributed by atoms with Crippen LogP contribution in [0.15, 0.2) is 49.1 Å². The van der Waals surface area contributed by atoms with Crippen molar-refractivity contribution in [3.05, 3.63) is 49.7 Å². The number of aromatic nitrogens is 2. The molecule has 0 spiro atoms. The molecule has 0 aliphatic rings. The lowest BCUT2D eigenvalue weighted by atomic mass is 9.70. The van der Waals surface area contributed by atoms with Crippen molar-refractivity contribution >= 4 is 5.71 Å². The number of hydrogen-bond acceptors (Lipinski definition) is 4. The Balaban J connectivity index is 3.51. The molecule has 1 atom stereocenters. The minimum atomic E-state index is -1.32. The molecule has 1 aromatic rings. The molecule has 1 heterocycles. The molecule has 1 aromatic heterocycles. The molecule has 0 radical (unpaired) electrons. The zero-order valence-electron chi connectivity index (χ0n) is 11.1. The second-order valence-corrected chi connectivity index (χ2v) is 4.99. The van der Waals surface area contributed by atoms with Gasteiger partial charge in [0.15, 0.2) is 0 Å². The van der Waals surface area contributed by atoms with Gasteiger partial charge in [-0.3, -0.25) is 4.99 Å². The summed E-state index contributed by atoms with van der Waals surface area (Å²) in [5.74, 6) is 0. The first kappa shape index (κ1) is 14.3. The monoisotopic (exact) mass is 245 g/mol. The van der Waals surface area contributed by atoms with Gasteiger partial charge in [0.05, 0.1) is 5.71 Å². The maximum atomic E-state index is 11.1. The van der Waals surface area contributed by atoms with E-state index >= 15 is 0 Å². The van der Waals surface area contributed by atoms with Crippen molar-refractivity contribution in [2.75, 3.05) is 0 Å². The van der Waals surface area contributed by atoms with Gasteiger partial charge in [-0.2, -0.15) is 0 Å². The van der Waals surface area contributed by atoms with Crippen molar-refractivity contribution in [3.8, 4) is 0 Å². The standard InChI is InChI=1S/C14H19N3O/c1-6-12(17-7-2)14(18,13(3,4)5)11-8-15-10-16-9-11/h6-10,18H,1-2H2,3-5H3. The highest BCUT2D eigenvalue weighted by atomic mass is 16.3. The molecular weight excluding hydrogens is 226 g/mol. The molecule has 0 bridgehead atoms. The van der Waals surface area contributed by atoms with E-state index in [-0.39, 0.29) is 0 Å². The number of nitrogens with zero attached hydrogens (tertiary/aromatic N) is 3. The highest BCUT2D eigenvalue weighted by Crippen LogP contribution is 2.40. The Kier molecular flexibility index (Phi) is 4.14. The molecule has 0 fully saturated rings. The predicted molar refractivity (Wildman–Crippen MR) is 73.2 cm³/mol. The van der Waals surface area contributed by atoms with Crippen LogP contribution in [0.2, 0.25) is 0 Å². The highest BCUT2D eigenvalue weighted by molar-refractivity contribution is 6.02. The topological polar surface area (TPSA) is 58.4 Å². The Morgan fingerprint density at radius 3 is 2.22 bits per heavy atom. The molecule has 0 aromatic carbocycles. The van der Waals surface area contributed by atoms with Crippen LogP contribution in [-0.4, -0.2) is 20.8 Å². The lowest BCUT2D eigenvalue weighted by molar-refractivity contribution is 0.00149. The SMILES string of the molecule is C=CN=C(C=C)C(O)(c1cncnc1)C(C)(C)C. The molecule has 0 saturated heterocycles.